The first kappa shape index (κ1) is 27.7. The van der Waals surface area contributed by atoms with Crippen LogP contribution in [0.3, 0.4) is 0 Å². The van der Waals surface area contributed by atoms with Gasteiger partial charge in [0.1, 0.15) is 0 Å². The molecule has 0 atom stereocenters. The van der Waals surface area contributed by atoms with E-state index in [1.54, 1.807) is 42.5 Å². The number of benzene rings is 3. The Morgan fingerprint density at radius 3 is 1.80 bits per heavy atom. The highest BCUT2D eigenvalue weighted by Gasteiger charge is 2.28. The van der Waals surface area contributed by atoms with Gasteiger partial charge in [0, 0.05) is 26.3 Å². The molecule has 3 aromatic rings. The third-order valence-electron chi connectivity index (χ3n) is 4.34. The fraction of sp³-hybridized carbons (Fsp3) is 0.0455. The second-order valence-corrected chi connectivity index (χ2v) is 10.2. The lowest BCUT2D eigenvalue weighted by Crippen LogP contribution is -2.18. The molecule has 0 spiro atoms. The SMILES string of the molecule is O=C(CSc1ccc(NC(=O)c2c(Cl)c(Cl)c(Cl)c(Cl)c2C(=O)O)cc1)Nc1cc(Cl)cc(Cl)c1. The zero-order chi connectivity index (χ0) is 25.9. The first-order valence-electron chi connectivity index (χ1n) is 9.37. The van der Waals surface area contributed by atoms with E-state index in [0.717, 1.165) is 4.90 Å². The number of hydrogen-bond acceptors (Lipinski definition) is 4. The number of carbonyl (C=O) groups excluding carboxylic acids is 2. The number of carboxylic acids is 1. The van der Waals surface area contributed by atoms with Crippen LogP contribution < -0.4 is 10.6 Å². The Morgan fingerprint density at radius 1 is 0.714 bits per heavy atom. The molecule has 0 heterocycles. The normalized spacial score (nSPS) is 10.7. The number of rotatable bonds is 7. The van der Waals surface area contributed by atoms with Crippen LogP contribution in [0.25, 0.3) is 0 Å². The van der Waals surface area contributed by atoms with E-state index < -0.39 is 28.0 Å². The van der Waals surface area contributed by atoms with E-state index >= 15 is 0 Å². The van der Waals surface area contributed by atoms with Gasteiger partial charge in [-0.1, -0.05) is 69.6 Å². The summed E-state index contributed by atoms with van der Waals surface area (Å²) in [5.74, 6) is -2.49. The third-order valence-corrected chi connectivity index (χ3v) is 7.59. The molecule has 0 aliphatic carbocycles. The average molecular weight is 613 g/mol. The second-order valence-electron chi connectivity index (χ2n) is 6.78. The standard InChI is InChI=1S/C22H12Cl6N2O4S/c23-9-5-10(24)7-12(6-9)29-14(31)8-35-13-3-1-11(2-4-13)30-21(32)15-16(22(33)34)18(26)20(28)19(27)17(15)25/h1-7H,8H2,(H,29,31)(H,30,32)(H,33,34). The Balaban J connectivity index is 1.67. The van der Waals surface area contributed by atoms with Crippen LogP contribution in [0.15, 0.2) is 47.4 Å². The maximum Gasteiger partial charge on any atom is 0.338 e. The number of carbonyl (C=O) groups is 3. The van der Waals surface area contributed by atoms with Gasteiger partial charge in [0.05, 0.1) is 37.0 Å². The van der Waals surface area contributed by atoms with E-state index in [-0.39, 0.29) is 26.7 Å². The van der Waals surface area contributed by atoms with Gasteiger partial charge in [0.25, 0.3) is 5.91 Å². The summed E-state index contributed by atoms with van der Waals surface area (Å²) < 4.78 is 0. The zero-order valence-corrected chi connectivity index (χ0v) is 22.4. The zero-order valence-electron chi connectivity index (χ0n) is 17.1. The van der Waals surface area contributed by atoms with Crippen molar-refractivity contribution in [2.24, 2.45) is 0 Å². The molecule has 0 radical (unpaired) electrons. The van der Waals surface area contributed by atoms with Gasteiger partial charge >= 0.3 is 5.97 Å². The van der Waals surface area contributed by atoms with Gasteiger partial charge in [0.15, 0.2) is 0 Å². The molecule has 35 heavy (non-hydrogen) atoms. The highest BCUT2D eigenvalue weighted by Crippen LogP contribution is 2.41. The summed E-state index contributed by atoms with van der Waals surface area (Å²) in [4.78, 5) is 37.4. The van der Waals surface area contributed by atoms with Crippen LogP contribution in [0.1, 0.15) is 20.7 Å². The fourth-order valence-electron chi connectivity index (χ4n) is 2.85. The Morgan fingerprint density at radius 2 is 1.26 bits per heavy atom. The van der Waals surface area contributed by atoms with Crippen molar-refractivity contribution in [3.05, 3.63) is 83.7 Å². The number of halogens is 6. The summed E-state index contributed by atoms with van der Waals surface area (Å²) in [7, 11) is 0. The topological polar surface area (TPSA) is 95.5 Å². The third kappa shape index (κ3) is 6.89. The Labute approximate surface area is 233 Å². The van der Waals surface area contributed by atoms with Crippen LogP contribution in [-0.2, 0) is 4.79 Å². The minimum atomic E-state index is -1.49. The number of amides is 2. The number of nitrogens with one attached hydrogen (secondary N) is 2. The Hall–Kier alpha value is -1.84. The smallest absolute Gasteiger partial charge is 0.338 e. The van der Waals surface area contributed by atoms with Crippen LogP contribution in [0.5, 0.6) is 0 Å². The Kier molecular flexibility index (Phi) is 9.46. The lowest BCUT2D eigenvalue weighted by Gasteiger charge is -2.14. The predicted octanol–water partition coefficient (Wildman–Crippen LogP) is 8.29. The van der Waals surface area contributed by atoms with Crippen molar-refractivity contribution in [2.45, 2.75) is 4.90 Å². The second kappa shape index (κ2) is 11.9. The number of thioether (sulfide) groups is 1. The Bertz CT molecular complexity index is 1310. The molecular weight excluding hydrogens is 601 g/mol. The first-order chi connectivity index (χ1) is 16.5. The number of hydrogen-bond donors (Lipinski definition) is 3. The van der Waals surface area contributed by atoms with Gasteiger partial charge in [-0.2, -0.15) is 0 Å². The molecule has 0 unspecified atom stereocenters. The molecule has 2 amide bonds. The summed E-state index contributed by atoms with van der Waals surface area (Å²) in [5.41, 5.74) is -0.169. The van der Waals surface area contributed by atoms with Crippen molar-refractivity contribution in [3.63, 3.8) is 0 Å². The summed E-state index contributed by atoms with van der Waals surface area (Å²) in [6.45, 7) is 0. The predicted molar refractivity (Wildman–Crippen MR) is 144 cm³/mol. The molecule has 0 aliphatic rings. The van der Waals surface area contributed by atoms with Gasteiger partial charge < -0.3 is 15.7 Å². The molecule has 182 valence electrons. The van der Waals surface area contributed by atoms with E-state index in [0.29, 0.717) is 21.4 Å². The van der Waals surface area contributed by atoms with Crippen molar-refractivity contribution in [1.82, 2.24) is 0 Å². The van der Waals surface area contributed by atoms with Crippen LogP contribution in [0.2, 0.25) is 30.1 Å². The fourth-order valence-corrected chi connectivity index (χ4v) is 5.09. The molecule has 0 aliphatic heterocycles. The van der Waals surface area contributed by atoms with E-state index in [2.05, 4.69) is 10.6 Å². The lowest BCUT2D eigenvalue weighted by atomic mass is 10.1. The van der Waals surface area contributed by atoms with Gasteiger partial charge in [-0.15, -0.1) is 11.8 Å². The van der Waals surface area contributed by atoms with Crippen molar-refractivity contribution in [2.75, 3.05) is 16.4 Å². The minimum absolute atomic E-state index is 0.106. The minimum Gasteiger partial charge on any atom is -0.478 e. The molecule has 0 saturated carbocycles. The monoisotopic (exact) mass is 610 g/mol. The van der Waals surface area contributed by atoms with Crippen LogP contribution in [0.4, 0.5) is 11.4 Å². The van der Waals surface area contributed by atoms with Crippen molar-refractivity contribution in [1.29, 1.82) is 0 Å². The molecule has 3 aromatic carbocycles. The quantitative estimate of drug-likeness (QED) is 0.142. The van der Waals surface area contributed by atoms with Gasteiger partial charge in [-0.05, 0) is 42.5 Å². The molecule has 0 aromatic heterocycles. The van der Waals surface area contributed by atoms with Crippen molar-refractivity contribution in [3.8, 4) is 0 Å². The highest BCUT2D eigenvalue weighted by molar-refractivity contribution is 8.00. The maximum atomic E-state index is 12.8. The molecule has 3 N–H and O–H groups in total. The van der Waals surface area contributed by atoms with E-state index in [9.17, 15) is 19.5 Å². The molecule has 0 bridgehead atoms. The highest BCUT2D eigenvalue weighted by atomic mass is 35.5. The molecule has 3 rings (SSSR count). The van der Waals surface area contributed by atoms with Crippen molar-refractivity contribution < 1.29 is 19.5 Å². The molecule has 13 heteroatoms. The number of carboxylic acid groups (broad SMARTS) is 1. The van der Waals surface area contributed by atoms with Gasteiger partial charge in [0.2, 0.25) is 5.91 Å². The summed E-state index contributed by atoms with van der Waals surface area (Å²) in [6.07, 6.45) is 0. The summed E-state index contributed by atoms with van der Waals surface area (Å²) >= 11 is 37.1. The largest absolute Gasteiger partial charge is 0.478 e. The molecule has 0 saturated heterocycles. The van der Waals surface area contributed by atoms with E-state index in [1.807, 2.05) is 0 Å². The van der Waals surface area contributed by atoms with Gasteiger partial charge in [-0.25, -0.2) is 4.79 Å². The summed E-state index contributed by atoms with van der Waals surface area (Å²) in [5, 5.41) is 14.3. The molecule has 0 fully saturated rings. The van der Waals surface area contributed by atoms with E-state index in [1.165, 1.54) is 11.8 Å². The van der Waals surface area contributed by atoms with E-state index in [4.69, 9.17) is 69.6 Å². The van der Waals surface area contributed by atoms with Crippen LogP contribution in [0, 0.1) is 0 Å². The van der Waals surface area contributed by atoms with Crippen molar-refractivity contribution >= 4 is 111 Å². The molecule has 6 nitrogen and oxygen atoms in total. The van der Waals surface area contributed by atoms with Crippen LogP contribution >= 0.6 is 81.4 Å². The maximum absolute atomic E-state index is 12.8. The number of aromatic carboxylic acids is 1. The number of anilines is 2. The average Bonchev–Trinajstić information content (AvgIpc) is 2.78. The van der Waals surface area contributed by atoms with Gasteiger partial charge in [-0.3, -0.25) is 9.59 Å². The molecular formula is C22H12Cl6N2O4S. The van der Waals surface area contributed by atoms with Crippen LogP contribution in [-0.4, -0.2) is 28.6 Å². The lowest BCUT2D eigenvalue weighted by molar-refractivity contribution is -0.113. The first-order valence-corrected chi connectivity index (χ1v) is 12.6. The summed E-state index contributed by atoms with van der Waals surface area (Å²) in [6, 6.07) is 11.2.